The van der Waals surface area contributed by atoms with Gasteiger partial charge in [-0.2, -0.15) is 0 Å². The molecule has 0 radical (unpaired) electrons. The Kier molecular flexibility index (Phi) is 3.30. The molecule has 100 valence electrons. The van der Waals surface area contributed by atoms with E-state index in [0.29, 0.717) is 0 Å². The standard InChI is InChI=1S/C16H20N2O/c1-12-3-4-16-14(7-12)8-15(19-16)11-18-6-5-13(10-18)9-17-2/h3-7,10,15,17H,8-9,11H2,1-2H3. The number of benzene rings is 1. The molecule has 3 heteroatoms. The number of rotatable bonds is 4. The minimum Gasteiger partial charge on any atom is -0.488 e. The second-order valence-corrected chi connectivity index (χ2v) is 5.30. The third-order valence-electron chi connectivity index (χ3n) is 3.56. The van der Waals surface area contributed by atoms with E-state index in [-0.39, 0.29) is 6.10 Å². The van der Waals surface area contributed by atoms with E-state index in [9.17, 15) is 0 Å². The maximum absolute atomic E-state index is 6.00. The summed E-state index contributed by atoms with van der Waals surface area (Å²) >= 11 is 0. The van der Waals surface area contributed by atoms with E-state index in [1.807, 2.05) is 7.05 Å². The first-order valence-electron chi connectivity index (χ1n) is 6.80. The monoisotopic (exact) mass is 256 g/mol. The topological polar surface area (TPSA) is 26.2 Å². The molecule has 0 bridgehead atoms. The first-order chi connectivity index (χ1) is 9.24. The SMILES string of the molecule is CNCc1ccn(CC2Cc3cc(C)ccc3O2)c1. The van der Waals surface area contributed by atoms with Crippen molar-refractivity contribution in [2.24, 2.45) is 0 Å². The molecule has 1 aliphatic rings. The third kappa shape index (κ3) is 2.66. The lowest BCUT2D eigenvalue weighted by Gasteiger charge is -2.11. The van der Waals surface area contributed by atoms with Gasteiger partial charge in [0.2, 0.25) is 0 Å². The van der Waals surface area contributed by atoms with E-state index in [2.05, 4.69) is 53.5 Å². The van der Waals surface area contributed by atoms with E-state index < -0.39 is 0 Å². The molecule has 1 aromatic heterocycles. The second kappa shape index (κ2) is 5.10. The number of nitrogens with zero attached hydrogens (tertiary/aromatic N) is 1. The molecule has 0 spiro atoms. The third-order valence-corrected chi connectivity index (χ3v) is 3.56. The summed E-state index contributed by atoms with van der Waals surface area (Å²) in [4.78, 5) is 0. The molecule has 0 saturated carbocycles. The lowest BCUT2D eigenvalue weighted by Crippen LogP contribution is -2.19. The summed E-state index contributed by atoms with van der Waals surface area (Å²) in [5.41, 5.74) is 3.96. The van der Waals surface area contributed by atoms with Crippen LogP contribution in [0.25, 0.3) is 0 Å². The van der Waals surface area contributed by atoms with Gasteiger partial charge in [-0.1, -0.05) is 17.7 Å². The Hall–Kier alpha value is -1.74. The van der Waals surface area contributed by atoms with E-state index in [1.54, 1.807) is 0 Å². The van der Waals surface area contributed by atoms with Crippen molar-refractivity contribution in [2.75, 3.05) is 7.05 Å². The van der Waals surface area contributed by atoms with Gasteiger partial charge in [0.25, 0.3) is 0 Å². The average Bonchev–Trinajstić information content (AvgIpc) is 2.96. The summed E-state index contributed by atoms with van der Waals surface area (Å²) in [5.74, 6) is 1.05. The van der Waals surface area contributed by atoms with Crippen LogP contribution in [0.4, 0.5) is 0 Å². The molecule has 1 aliphatic heterocycles. The first-order valence-corrected chi connectivity index (χ1v) is 6.80. The number of ether oxygens (including phenoxy) is 1. The largest absolute Gasteiger partial charge is 0.488 e. The van der Waals surface area contributed by atoms with Crippen molar-refractivity contribution in [3.8, 4) is 5.75 Å². The Morgan fingerprint density at radius 3 is 3.11 bits per heavy atom. The quantitative estimate of drug-likeness (QED) is 0.909. The van der Waals surface area contributed by atoms with Gasteiger partial charge in [-0.15, -0.1) is 0 Å². The van der Waals surface area contributed by atoms with Crippen molar-refractivity contribution >= 4 is 0 Å². The summed E-state index contributed by atoms with van der Waals surface area (Å²) in [7, 11) is 1.97. The molecule has 0 fully saturated rings. The van der Waals surface area contributed by atoms with E-state index in [4.69, 9.17) is 4.74 Å². The summed E-state index contributed by atoms with van der Waals surface area (Å²) in [6, 6.07) is 8.59. The molecule has 0 aliphatic carbocycles. The Morgan fingerprint density at radius 2 is 2.26 bits per heavy atom. The maximum Gasteiger partial charge on any atom is 0.123 e. The highest BCUT2D eigenvalue weighted by atomic mass is 16.5. The Morgan fingerprint density at radius 1 is 1.37 bits per heavy atom. The highest BCUT2D eigenvalue weighted by Gasteiger charge is 2.22. The van der Waals surface area contributed by atoms with Crippen LogP contribution in [0, 0.1) is 6.92 Å². The molecule has 3 rings (SSSR count). The second-order valence-electron chi connectivity index (χ2n) is 5.30. The number of fused-ring (bicyclic) bond motifs is 1. The fourth-order valence-electron chi connectivity index (χ4n) is 2.70. The molecule has 2 heterocycles. The molecule has 1 aromatic carbocycles. The van der Waals surface area contributed by atoms with Gasteiger partial charge in [0.05, 0.1) is 6.54 Å². The molecule has 1 atom stereocenters. The Balaban J connectivity index is 1.66. The Bertz CT molecular complexity index is 574. The minimum atomic E-state index is 0.256. The number of hydrogen-bond donors (Lipinski definition) is 1. The summed E-state index contributed by atoms with van der Waals surface area (Å²) in [6.07, 6.45) is 5.58. The molecule has 0 amide bonds. The van der Waals surface area contributed by atoms with Crippen LogP contribution in [0.2, 0.25) is 0 Å². The molecule has 1 unspecified atom stereocenters. The van der Waals surface area contributed by atoms with Crippen LogP contribution in [0.3, 0.4) is 0 Å². The van der Waals surface area contributed by atoms with Crippen LogP contribution in [-0.2, 0) is 19.5 Å². The molecule has 1 N–H and O–H groups in total. The fraction of sp³-hybridized carbons (Fsp3) is 0.375. The van der Waals surface area contributed by atoms with Crippen LogP contribution >= 0.6 is 0 Å². The van der Waals surface area contributed by atoms with Crippen molar-refractivity contribution in [1.82, 2.24) is 9.88 Å². The average molecular weight is 256 g/mol. The van der Waals surface area contributed by atoms with Crippen LogP contribution in [0.5, 0.6) is 5.75 Å². The molecule has 0 saturated heterocycles. The smallest absolute Gasteiger partial charge is 0.123 e. The normalized spacial score (nSPS) is 17.3. The molecular formula is C16H20N2O. The molecular weight excluding hydrogens is 236 g/mol. The van der Waals surface area contributed by atoms with Crippen molar-refractivity contribution in [3.63, 3.8) is 0 Å². The van der Waals surface area contributed by atoms with Gasteiger partial charge < -0.3 is 14.6 Å². The zero-order chi connectivity index (χ0) is 13.2. The molecule has 2 aromatic rings. The van der Waals surface area contributed by atoms with Gasteiger partial charge in [0.15, 0.2) is 0 Å². The lowest BCUT2D eigenvalue weighted by molar-refractivity contribution is 0.209. The molecule has 19 heavy (non-hydrogen) atoms. The zero-order valence-electron chi connectivity index (χ0n) is 11.5. The lowest BCUT2D eigenvalue weighted by atomic mass is 10.1. The number of hydrogen-bond acceptors (Lipinski definition) is 2. The predicted octanol–water partition coefficient (Wildman–Crippen LogP) is 2.52. The highest BCUT2D eigenvalue weighted by molar-refractivity contribution is 5.40. The van der Waals surface area contributed by atoms with Crippen LogP contribution in [0.15, 0.2) is 36.7 Å². The Labute approximate surface area is 114 Å². The van der Waals surface area contributed by atoms with Gasteiger partial charge in [-0.05, 0) is 37.2 Å². The number of nitrogens with one attached hydrogen (secondary N) is 1. The van der Waals surface area contributed by atoms with E-state index in [1.165, 1.54) is 16.7 Å². The molecule has 3 nitrogen and oxygen atoms in total. The van der Waals surface area contributed by atoms with Gasteiger partial charge in [-0.3, -0.25) is 0 Å². The highest BCUT2D eigenvalue weighted by Crippen LogP contribution is 2.30. The van der Waals surface area contributed by atoms with Crippen molar-refractivity contribution in [3.05, 3.63) is 53.3 Å². The minimum absolute atomic E-state index is 0.256. The van der Waals surface area contributed by atoms with Crippen molar-refractivity contribution in [1.29, 1.82) is 0 Å². The maximum atomic E-state index is 6.00. The zero-order valence-corrected chi connectivity index (χ0v) is 11.5. The van der Waals surface area contributed by atoms with Gasteiger partial charge >= 0.3 is 0 Å². The number of aromatic nitrogens is 1. The summed E-state index contributed by atoms with van der Waals surface area (Å²) in [5, 5.41) is 3.17. The van der Waals surface area contributed by atoms with Crippen molar-refractivity contribution < 1.29 is 4.74 Å². The summed E-state index contributed by atoms with van der Waals surface area (Å²) < 4.78 is 8.22. The number of aryl methyl sites for hydroxylation is 1. The van der Waals surface area contributed by atoms with Crippen LogP contribution in [-0.4, -0.2) is 17.7 Å². The predicted molar refractivity (Wildman–Crippen MR) is 76.5 cm³/mol. The van der Waals surface area contributed by atoms with Crippen molar-refractivity contribution in [2.45, 2.75) is 32.5 Å². The first kappa shape index (κ1) is 12.3. The van der Waals surface area contributed by atoms with Crippen LogP contribution in [0.1, 0.15) is 16.7 Å². The fourth-order valence-corrected chi connectivity index (χ4v) is 2.70. The van der Waals surface area contributed by atoms with Gasteiger partial charge in [-0.25, -0.2) is 0 Å². The van der Waals surface area contributed by atoms with Gasteiger partial charge in [0.1, 0.15) is 11.9 Å². The van der Waals surface area contributed by atoms with E-state index in [0.717, 1.165) is 25.3 Å². The summed E-state index contributed by atoms with van der Waals surface area (Å²) in [6.45, 7) is 3.96. The van der Waals surface area contributed by atoms with Crippen LogP contribution < -0.4 is 10.1 Å². The van der Waals surface area contributed by atoms with Gasteiger partial charge in [0, 0.05) is 25.4 Å². The van der Waals surface area contributed by atoms with E-state index >= 15 is 0 Å².